The van der Waals surface area contributed by atoms with Gasteiger partial charge in [0.15, 0.2) is 6.79 Å². The normalized spacial score (nSPS) is 19.3. The lowest BCUT2D eigenvalue weighted by atomic mass is 9.95. The number of fused-ring (bicyclic) bond motifs is 2. The zero-order chi connectivity index (χ0) is 31.2. The second-order valence-electron chi connectivity index (χ2n) is 12.6. The smallest absolute Gasteiger partial charge is 0.340 e. The maximum Gasteiger partial charge on any atom is 0.340 e. The number of aryl methyl sites for hydroxylation is 1. The number of ether oxygens (including phenoxy) is 3. The molecule has 0 spiro atoms. The van der Waals surface area contributed by atoms with Crippen molar-refractivity contribution >= 4 is 27.4 Å². The third-order valence-electron chi connectivity index (χ3n) is 9.54. The Bertz CT molecular complexity index is 1670. The molecule has 3 fully saturated rings. The number of nitrogens with zero attached hydrogens (tertiary/aromatic N) is 4. The maximum atomic E-state index is 13.4. The molecule has 0 radical (unpaired) electrons. The number of benzene rings is 2. The molecule has 240 valence electrons. The van der Waals surface area contributed by atoms with Crippen LogP contribution in [-0.4, -0.2) is 69.0 Å². The highest BCUT2D eigenvalue weighted by molar-refractivity contribution is 7.87. The summed E-state index contributed by atoms with van der Waals surface area (Å²) in [7, 11) is -2.55. The molecular weight excluding hydrogens is 616 g/mol. The van der Waals surface area contributed by atoms with E-state index in [1.165, 1.54) is 0 Å². The molecule has 0 N–H and O–H groups in total. The van der Waals surface area contributed by atoms with E-state index in [0.717, 1.165) is 68.4 Å². The average Bonchev–Trinajstić information content (AvgIpc) is 3.65. The van der Waals surface area contributed by atoms with E-state index in [9.17, 15) is 8.42 Å². The molecule has 0 atom stereocenters. The van der Waals surface area contributed by atoms with Gasteiger partial charge in [0, 0.05) is 36.0 Å². The van der Waals surface area contributed by atoms with E-state index in [-0.39, 0.29) is 29.1 Å². The molecule has 1 saturated carbocycles. The van der Waals surface area contributed by atoms with E-state index in [2.05, 4.69) is 14.8 Å². The van der Waals surface area contributed by atoms with E-state index in [4.69, 9.17) is 35.0 Å². The summed E-state index contributed by atoms with van der Waals surface area (Å²) in [4.78, 5) is 14.3. The number of hydrogen-bond donors (Lipinski definition) is 0. The number of hydrogen-bond acceptors (Lipinski definition) is 10. The Morgan fingerprint density at radius 3 is 2.49 bits per heavy atom. The van der Waals surface area contributed by atoms with E-state index >= 15 is 0 Å². The van der Waals surface area contributed by atoms with Crippen LogP contribution in [0.4, 0.5) is 5.69 Å². The van der Waals surface area contributed by atoms with Gasteiger partial charge >= 0.3 is 16.1 Å². The van der Waals surface area contributed by atoms with Crippen molar-refractivity contribution in [1.82, 2.24) is 14.9 Å². The highest BCUT2D eigenvalue weighted by Gasteiger charge is 2.45. The SMILES string of the molecule is COCOc1cc(Cl)c(C2CC2)c(N2CCc3c(nc(OCC45CCCN4CCC5)nc3OS(=O)(=O)c3ccc(C)cc3)C2)c1. The standard InChI is InChI=1S/C33H39ClN4O6S/c1-22-5-9-25(10-6-22)45(39,40)44-31-26-11-16-37(29-18-24(43-21-41-2)17-27(34)30(29)23-7-8-23)19-28(26)35-32(36-31)42-20-33-12-3-14-38(33)15-4-13-33/h5-6,9-10,17-18,23H,3-4,7-8,11-16,19-21H2,1-2H3. The number of rotatable bonds is 11. The summed E-state index contributed by atoms with van der Waals surface area (Å²) in [6.07, 6.45) is 7.09. The van der Waals surface area contributed by atoms with Crippen molar-refractivity contribution in [3.05, 3.63) is 63.8 Å². The fourth-order valence-electron chi connectivity index (χ4n) is 7.06. The van der Waals surface area contributed by atoms with E-state index in [1.807, 2.05) is 19.1 Å². The van der Waals surface area contributed by atoms with Crippen LogP contribution < -0.4 is 18.6 Å². The van der Waals surface area contributed by atoms with Gasteiger partial charge in [-0.2, -0.15) is 18.4 Å². The zero-order valence-electron chi connectivity index (χ0n) is 25.8. The Morgan fingerprint density at radius 1 is 1.02 bits per heavy atom. The molecule has 4 aliphatic rings. The molecule has 0 unspecified atom stereocenters. The van der Waals surface area contributed by atoms with Crippen molar-refractivity contribution in [1.29, 1.82) is 0 Å². The van der Waals surface area contributed by atoms with Crippen LogP contribution in [0.25, 0.3) is 0 Å². The lowest BCUT2D eigenvalue weighted by Crippen LogP contribution is -2.43. The van der Waals surface area contributed by atoms with Crippen LogP contribution in [0.1, 0.15) is 66.8 Å². The Kier molecular flexibility index (Phi) is 8.30. The van der Waals surface area contributed by atoms with Gasteiger partial charge < -0.3 is 23.3 Å². The molecule has 2 aromatic carbocycles. The van der Waals surface area contributed by atoms with Crippen LogP contribution in [-0.2, 0) is 27.8 Å². The molecule has 1 aromatic heterocycles. The van der Waals surface area contributed by atoms with Gasteiger partial charge in [0.2, 0.25) is 5.88 Å². The molecule has 12 heteroatoms. The van der Waals surface area contributed by atoms with Crippen LogP contribution in [0.15, 0.2) is 41.3 Å². The lowest BCUT2D eigenvalue weighted by molar-refractivity contribution is 0.0511. The second-order valence-corrected chi connectivity index (χ2v) is 14.6. The van der Waals surface area contributed by atoms with Crippen LogP contribution in [0.5, 0.6) is 17.6 Å². The summed E-state index contributed by atoms with van der Waals surface area (Å²) < 4.78 is 49.8. The Balaban J connectivity index is 1.23. The van der Waals surface area contributed by atoms with Crippen LogP contribution >= 0.6 is 11.6 Å². The molecule has 10 nitrogen and oxygen atoms in total. The summed E-state index contributed by atoms with van der Waals surface area (Å²) in [5.41, 5.74) is 4.38. The first-order chi connectivity index (χ1) is 21.7. The largest absolute Gasteiger partial charge is 0.467 e. The Morgan fingerprint density at radius 2 is 1.78 bits per heavy atom. The van der Waals surface area contributed by atoms with Crippen LogP contribution in [0.3, 0.4) is 0 Å². The summed E-state index contributed by atoms with van der Waals surface area (Å²) in [6.45, 7) is 5.64. The van der Waals surface area contributed by atoms with E-state index in [1.54, 1.807) is 31.4 Å². The van der Waals surface area contributed by atoms with Crippen LogP contribution in [0.2, 0.25) is 5.02 Å². The predicted octanol–water partition coefficient (Wildman–Crippen LogP) is 5.64. The topological polar surface area (TPSA) is 103 Å². The first-order valence-electron chi connectivity index (χ1n) is 15.7. The minimum Gasteiger partial charge on any atom is -0.467 e. The molecule has 0 bridgehead atoms. The molecule has 3 aromatic rings. The zero-order valence-corrected chi connectivity index (χ0v) is 27.3. The molecule has 1 aliphatic carbocycles. The maximum absolute atomic E-state index is 13.4. The van der Waals surface area contributed by atoms with Crippen molar-refractivity contribution in [3.63, 3.8) is 0 Å². The van der Waals surface area contributed by atoms with Crippen molar-refractivity contribution in [2.45, 2.75) is 74.8 Å². The van der Waals surface area contributed by atoms with Gasteiger partial charge in [0.25, 0.3) is 0 Å². The monoisotopic (exact) mass is 654 g/mol. The summed E-state index contributed by atoms with van der Waals surface area (Å²) >= 11 is 6.82. The number of methoxy groups -OCH3 is 1. The number of anilines is 1. The molecule has 7 rings (SSSR count). The number of halogens is 1. The molecule has 45 heavy (non-hydrogen) atoms. The van der Waals surface area contributed by atoms with Gasteiger partial charge in [0.05, 0.1) is 17.8 Å². The average molecular weight is 655 g/mol. The first-order valence-corrected chi connectivity index (χ1v) is 17.5. The summed E-state index contributed by atoms with van der Waals surface area (Å²) in [5.74, 6) is 1.05. The quantitative estimate of drug-likeness (QED) is 0.191. The van der Waals surface area contributed by atoms with Gasteiger partial charge in [-0.15, -0.1) is 0 Å². The predicted molar refractivity (Wildman–Crippen MR) is 170 cm³/mol. The fraction of sp³-hybridized carbons (Fsp3) is 0.515. The highest BCUT2D eigenvalue weighted by Crippen LogP contribution is 2.50. The van der Waals surface area contributed by atoms with Crippen molar-refractivity contribution in [2.24, 2.45) is 0 Å². The van der Waals surface area contributed by atoms with Crippen LogP contribution in [0, 0.1) is 6.92 Å². The van der Waals surface area contributed by atoms with Gasteiger partial charge in [-0.1, -0.05) is 29.3 Å². The van der Waals surface area contributed by atoms with E-state index in [0.29, 0.717) is 54.1 Å². The third-order valence-corrected chi connectivity index (χ3v) is 11.1. The van der Waals surface area contributed by atoms with Crippen molar-refractivity contribution in [2.75, 3.05) is 45.0 Å². The Hall–Kier alpha value is -3.12. The molecule has 3 aliphatic heterocycles. The van der Waals surface area contributed by atoms with Gasteiger partial charge in [-0.3, -0.25) is 4.90 Å². The molecule has 0 amide bonds. The summed E-state index contributed by atoms with van der Waals surface area (Å²) in [5, 5.41) is 0.670. The second kappa shape index (κ2) is 12.2. The van der Waals surface area contributed by atoms with Crippen molar-refractivity contribution in [3.8, 4) is 17.6 Å². The van der Waals surface area contributed by atoms with E-state index < -0.39 is 10.1 Å². The summed E-state index contributed by atoms with van der Waals surface area (Å²) in [6, 6.07) is 10.6. The highest BCUT2D eigenvalue weighted by atomic mass is 35.5. The van der Waals surface area contributed by atoms with Gasteiger partial charge in [-0.05, 0) is 94.6 Å². The Labute approximate surface area is 269 Å². The van der Waals surface area contributed by atoms with Gasteiger partial charge in [0.1, 0.15) is 17.3 Å². The minimum atomic E-state index is -4.14. The number of aromatic nitrogens is 2. The third kappa shape index (κ3) is 6.19. The fourth-order valence-corrected chi connectivity index (χ4v) is 8.33. The first kappa shape index (κ1) is 30.5. The minimum absolute atomic E-state index is 0.0150. The van der Waals surface area contributed by atoms with Gasteiger partial charge in [-0.25, -0.2) is 0 Å². The molecular formula is C33H39ClN4O6S. The lowest BCUT2D eigenvalue weighted by Gasteiger charge is -2.33. The molecule has 4 heterocycles. The molecule has 2 saturated heterocycles. The van der Waals surface area contributed by atoms with Crippen molar-refractivity contribution < 1.29 is 26.8 Å².